The maximum absolute atomic E-state index is 12.0. The van der Waals surface area contributed by atoms with Crippen molar-refractivity contribution in [2.75, 3.05) is 13.7 Å². The number of benzene rings is 1. The quantitative estimate of drug-likeness (QED) is 0.451. The number of methoxy groups -OCH3 is 1. The molecule has 2 rings (SSSR count). The molecule has 2 aromatic rings. The summed E-state index contributed by atoms with van der Waals surface area (Å²) in [6.45, 7) is 5.11. The third-order valence-corrected chi connectivity index (χ3v) is 3.90. The molecule has 1 aromatic heterocycles. The Kier molecular flexibility index (Phi) is 8.06. The van der Waals surface area contributed by atoms with Gasteiger partial charge in [-0.15, -0.1) is 5.10 Å². The first kappa shape index (κ1) is 20.7. The second-order valence-electron chi connectivity index (χ2n) is 5.58. The molecule has 27 heavy (non-hydrogen) atoms. The van der Waals surface area contributed by atoms with Crippen LogP contribution >= 0.6 is 11.6 Å². The number of aryl methyl sites for hydroxylation is 1. The third kappa shape index (κ3) is 5.96. The second kappa shape index (κ2) is 10.5. The van der Waals surface area contributed by atoms with Crippen molar-refractivity contribution in [3.63, 3.8) is 0 Å². The van der Waals surface area contributed by atoms with Gasteiger partial charge in [-0.25, -0.2) is 9.48 Å². The van der Waals surface area contributed by atoms with Gasteiger partial charge in [0.2, 0.25) is 0 Å². The van der Waals surface area contributed by atoms with Gasteiger partial charge in [0.25, 0.3) is 0 Å². The van der Waals surface area contributed by atoms with Gasteiger partial charge in [-0.1, -0.05) is 24.9 Å². The van der Waals surface area contributed by atoms with Crippen molar-refractivity contribution < 1.29 is 19.0 Å². The standard InChI is InChI=1S/C18H23ClN4O4/c1-4-6-9-23-16(20-21-22-23)12-27-17(24)8-7-13-10-14(19)18(25-3)15(11-13)26-5-2/h7-8,10-11H,4-6,9,12H2,1-3H3/b8-7+. The van der Waals surface area contributed by atoms with E-state index in [1.807, 2.05) is 6.92 Å². The first-order valence-corrected chi connectivity index (χ1v) is 9.07. The van der Waals surface area contributed by atoms with Crippen molar-refractivity contribution in [3.05, 3.63) is 34.6 Å². The minimum Gasteiger partial charge on any atom is -0.491 e. The molecule has 0 amide bonds. The second-order valence-corrected chi connectivity index (χ2v) is 5.99. The van der Waals surface area contributed by atoms with Gasteiger partial charge in [0.1, 0.15) is 0 Å². The number of carbonyl (C=O) groups excluding carboxylic acids is 1. The molecule has 8 nitrogen and oxygen atoms in total. The molecule has 0 aliphatic carbocycles. The number of aromatic nitrogens is 4. The number of unbranched alkanes of at least 4 members (excludes halogenated alkanes) is 1. The van der Waals surface area contributed by atoms with Gasteiger partial charge in [-0.3, -0.25) is 0 Å². The molecule has 0 fully saturated rings. The average Bonchev–Trinajstić information content (AvgIpc) is 3.10. The average molecular weight is 395 g/mol. The molecule has 146 valence electrons. The number of hydrogen-bond acceptors (Lipinski definition) is 7. The van der Waals surface area contributed by atoms with Gasteiger partial charge in [0.15, 0.2) is 23.9 Å². The minimum absolute atomic E-state index is 0.00739. The Hall–Kier alpha value is -2.61. The predicted octanol–water partition coefficient (Wildman–Crippen LogP) is 3.29. The molecule has 9 heteroatoms. The predicted molar refractivity (Wildman–Crippen MR) is 101 cm³/mol. The van der Waals surface area contributed by atoms with Gasteiger partial charge < -0.3 is 14.2 Å². The van der Waals surface area contributed by atoms with Gasteiger partial charge >= 0.3 is 5.97 Å². The SMILES string of the molecule is CCCCn1nnnc1COC(=O)/C=C/c1cc(Cl)c(OC)c(OCC)c1. The Balaban J connectivity index is 1.99. The maximum atomic E-state index is 12.0. The molecule has 0 atom stereocenters. The number of esters is 1. The molecule has 0 saturated carbocycles. The van der Waals surface area contributed by atoms with Crippen LogP contribution in [0.25, 0.3) is 6.08 Å². The summed E-state index contributed by atoms with van der Waals surface area (Å²) in [6, 6.07) is 3.42. The highest BCUT2D eigenvalue weighted by Crippen LogP contribution is 2.36. The molecule has 0 unspecified atom stereocenters. The molecule has 0 aliphatic rings. The first-order chi connectivity index (χ1) is 13.1. The molecular formula is C18H23ClN4O4. The lowest BCUT2D eigenvalue weighted by molar-refractivity contribution is -0.139. The number of halogens is 1. The summed E-state index contributed by atoms with van der Waals surface area (Å²) in [5.74, 6) is 0.967. The lowest BCUT2D eigenvalue weighted by atomic mass is 10.2. The highest BCUT2D eigenvalue weighted by molar-refractivity contribution is 6.32. The zero-order valence-corrected chi connectivity index (χ0v) is 16.4. The molecule has 1 aromatic carbocycles. The van der Waals surface area contributed by atoms with Crippen LogP contribution in [0.2, 0.25) is 5.02 Å². The van der Waals surface area contributed by atoms with Crippen LogP contribution in [0.4, 0.5) is 0 Å². The van der Waals surface area contributed by atoms with Crippen LogP contribution in [-0.2, 0) is 22.7 Å². The van der Waals surface area contributed by atoms with Crippen molar-refractivity contribution in [1.82, 2.24) is 20.2 Å². The Bertz CT molecular complexity index is 792. The summed E-state index contributed by atoms with van der Waals surface area (Å²) < 4.78 is 17.6. The van der Waals surface area contributed by atoms with E-state index in [0.717, 1.165) is 12.8 Å². The van der Waals surface area contributed by atoms with E-state index in [-0.39, 0.29) is 6.61 Å². The van der Waals surface area contributed by atoms with Crippen molar-refractivity contribution in [2.24, 2.45) is 0 Å². The number of nitrogens with zero attached hydrogens (tertiary/aromatic N) is 4. The normalized spacial score (nSPS) is 11.0. The highest BCUT2D eigenvalue weighted by Gasteiger charge is 2.11. The summed E-state index contributed by atoms with van der Waals surface area (Å²) >= 11 is 6.19. The molecule has 0 radical (unpaired) electrons. The van der Waals surface area contributed by atoms with Crippen LogP contribution in [0, 0.1) is 0 Å². The molecular weight excluding hydrogens is 372 g/mol. The van der Waals surface area contributed by atoms with Crippen LogP contribution in [0.1, 0.15) is 38.1 Å². The van der Waals surface area contributed by atoms with Gasteiger partial charge in [0.05, 0.1) is 18.7 Å². The maximum Gasteiger partial charge on any atom is 0.331 e. The lowest BCUT2D eigenvalue weighted by Crippen LogP contribution is -2.09. The third-order valence-electron chi connectivity index (χ3n) is 3.62. The summed E-state index contributed by atoms with van der Waals surface area (Å²) in [5, 5.41) is 11.8. The topological polar surface area (TPSA) is 88.4 Å². The smallest absolute Gasteiger partial charge is 0.331 e. The van der Waals surface area contributed by atoms with Gasteiger partial charge in [0, 0.05) is 12.6 Å². The van der Waals surface area contributed by atoms with Crippen molar-refractivity contribution in [1.29, 1.82) is 0 Å². The van der Waals surface area contributed by atoms with E-state index in [4.69, 9.17) is 25.8 Å². The molecule has 0 bridgehead atoms. The van der Waals surface area contributed by atoms with Gasteiger partial charge in [-0.05, 0) is 47.5 Å². The van der Waals surface area contributed by atoms with Crippen molar-refractivity contribution >= 4 is 23.6 Å². The number of tetrazole rings is 1. The Morgan fingerprint density at radius 1 is 1.33 bits per heavy atom. The van der Waals surface area contributed by atoms with Crippen LogP contribution in [0.5, 0.6) is 11.5 Å². The Morgan fingerprint density at radius 3 is 2.85 bits per heavy atom. The number of carbonyl (C=O) groups is 1. The van der Waals surface area contributed by atoms with E-state index in [9.17, 15) is 4.79 Å². The first-order valence-electron chi connectivity index (χ1n) is 8.69. The summed E-state index contributed by atoms with van der Waals surface area (Å²) in [4.78, 5) is 12.0. The fourth-order valence-electron chi connectivity index (χ4n) is 2.30. The molecule has 0 spiro atoms. The molecule has 0 N–H and O–H groups in total. The Morgan fingerprint density at radius 2 is 2.15 bits per heavy atom. The molecule has 0 saturated heterocycles. The van der Waals surface area contributed by atoms with Crippen LogP contribution < -0.4 is 9.47 Å². The van der Waals surface area contributed by atoms with Crippen LogP contribution in [-0.4, -0.2) is 39.9 Å². The summed E-state index contributed by atoms with van der Waals surface area (Å²) in [5.41, 5.74) is 0.689. The van der Waals surface area contributed by atoms with E-state index in [0.29, 0.717) is 41.1 Å². The minimum atomic E-state index is -0.509. The fourth-order valence-corrected chi connectivity index (χ4v) is 2.60. The Labute approximate surface area is 163 Å². The number of rotatable bonds is 10. The number of ether oxygens (including phenoxy) is 3. The zero-order chi connectivity index (χ0) is 19.6. The lowest BCUT2D eigenvalue weighted by Gasteiger charge is -2.11. The largest absolute Gasteiger partial charge is 0.491 e. The van der Waals surface area contributed by atoms with E-state index in [1.54, 1.807) is 22.9 Å². The number of hydrogen-bond donors (Lipinski definition) is 0. The zero-order valence-electron chi connectivity index (χ0n) is 15.6. The van der Waals surface area contributed by atoms with E-state index >= 15 is 0 Å². The molecule has 0 aliphatic heterocycles. The van der Waals surface area contributed by atoms with Crippen molar-refractivity contribution in [2.45, 2.75) is 39.8 Å². The fraction of sp³-hybridized carbons (Fsp3) is 0.444. The summed E-state index contributed by atoms with van der Waals surface area (Å²) in [6.07, 6.45) is 4.88. The summed E-state index contributed by atoms with van der Waals surface area (Å²) in [7, 11) is 1.52. The monoisotopic (exact) mass is 394 g/mol. The van der Waals surface area contributed by atoms with E-state index in [2.05, 4.69) is 22.4 Å². The van der Waals surface area contributed by atoms with Crippen LogP contribution in [0.3, 0.4) is 0 Å². The van der Waals surface area contributed by atoms with E-state index < -0.39 is 5.97 Å². The molecule has 1 heterocycles. The van der Waals surface area contributed by atoms with E-state index in [1.165, 1.54) is 13.2 Å². The van der Waals surface area contributed by atoms with Crippen molar-refractivity contribution in [3.8, 4) is 11.5 Å². The highest BCUT2D eigenvalue weighted by atomic mass is 35.5. The van der Waals surface area contributed by atoms with Crippen LogP contribution in [0.15, 0.2) is 18.2 Å². The van der Waals surface area contributed by atoms with Gasteiger partial charge in [-0.2, -0.15) is 0 Å².